The van der Waals surface area contributed by atoms with Gasteiger partial charge in [-0.25, -0.2) is 4.98 Å². The fraction of sp³-hybridized carbons (Fsp3) is 0.478. The lowest BCUT2D eigenvalue weighted by molar-refractivity contribution is -0.121. The number of hydrogen-bond acceptors (Lipinski definition) is 8. The van der Waals surface area contributed by atoms with Crippen molar-refractivity contribution in [2.24, 2.45) is 5.92 Å². The molecule has 10 heteroatoms. The first kappa shape index (κ1) is 24.5. The van der Waals surface area contributed by atoms with E-state index in [1.807, 2.05) is 18.4 Å². The van der Waals surface area contributed by atoms with Crippen LogP contribution < -0.4 is 25.6 Å². The molecule has 0 radical (unpaired) electrons. The second kappa shape index (κ2) is 12.8. The van der Waals surface area contributed by atoms with Gasteiger partial charge in [0.1, 0.15) is 18.9 Å². The minimum atomic E-state index is -0.164. The summed E-state index contributed by atoms with van der Waals surface area (Å²) in [6.45, 7) is 6.71. The van der Waals surface area contributed by atoms with Gasteiger partial charge in [0.05, 0.1) is 11.8 Å². The van der Waals surface area contributed by atoms with Gasteiger partial charge in [-0.1, -0.05) is 6.92 Å². The van der Waals surface area contributed by atoms with Crippen molar-refractivity contribution < 1.29 is 14.3 Å². The van der Waals surface area contributed by atoms with Crippen molar-refractivity contribution in [3.05, 3.63) is 40.9 Å². The summed E-state index contributed by atoms with van der Waals surface area (Å²) >= 11 is 1.63. The molecule has 176 valence electrons. The highest BCUT2D eigenvalue weighted by Gasteiger charge is 2.14. The first-order valence-electron chi connectivity index (χ1n) is 11.1. The summed E-state index contributed by atoms with van der Waals surface area (Å²) < 4.78 is 5.83. The fourth-order valence-electron chi connectivity index (χ4n) is 3.39. The van der Waals surface area contributed by atoms with Crippen LogP contribution in [0.25, 0.3) is 0 Å². The Kier molecular flexibility index (Phi) is 9.47. The van der Waals surface area contributed by atoms with E-state index in [-0.39, 0.29) is 24.3 Å². The van der Waals surface area contributed by atoms with Crippen LogP contribution in [0.3, 0.4) is 0 Å². The molecule has 2 amide bonds. The van der Waals surface area contributed by atoms with Gasteiger partial charge in [-0.15, -0.1) is 11.3 Å². The van der Waals surface area contributed by atoms with Crippen molar-refractivity contribution >= 4 is 28.3 Å². The summed E-state index contributed by atoms with van der Waals surface area (Å²) in [5, 5.41) is 20.3. The summed E-state index contributed by atoms with van der Waals surface area (Å²) in [5.41, 5.74) is 1.45. The highest BCUT2D eigenvalue weighted by Crippen LogP contribution is 2.22. The normalized spacial score (nSPS) is 14.2. The predicted molar refractivity (Wildman–Crippen MR) is 127 cm³/mol. The number of rotatable bonds is 11. The highest BCUT2D eigenvalue weighted by molar-refractivity contribution is 7.13. The summed E-state index contributed by atoms with van der Waals surface area (Å²) in [7, 11) is 0. The maximum absolute atomic E-state index is 12.3. The minimum absolute atomic E-state index is 0.0172. The Bertz CT molecular complexity index is 950. The zero-order chi connectivity index (χ0) is 23.5. The lowest BCUT2D eigenvalue weighted by atomic mass is 10.0. The van der Waals surface area contributed by atoms with Gasteiger partial charge in [-0.3, -0.25) is 9.59 Å². The number of aromatic nitrogens is 1. The molecule has 0 aliphatic carbocycles. The van der Waals surface area contributed by atoms with Crippen molar-refractivity contribution in [1.29, 1.82) is 5.26 Å². The average molecular weight is 471 g/mol. The van der Waals surface area contributed by atoms with Crippen molar-refractivity contribution in [3.63, 3.8) is 0 Å². The number of benzene rings is 1. The molecule has 33 heavy (non-hydrogen) atoms. The smallest absolute Gasteiger partial charge is 0.251 e. The molecule has 2 heterocycles. The Morgan fingerprint density at radius 3 is 2.76 bits per heavy atom. The Morgan fingerprint density at radius 2 is 2.03 bits per heavy atom. The Hall–Kier alpha value is -3.16. The molecule has 3 rings (SSSR count). The van der Waals surface area contributed by atoms with E-state index in [1.54, 1.807) is 35.6 Å². The number of nitrogens with one attached hydrogen (secondary N) is 3. The quantitative estimate of drug-likeness (QED) is 0.429. The van der Waals surface area contributed by atoms with Crippen LogP contribution in [0.2, 0.25) is 0 Å². The zero-order valence-electron chi connectivity index (χ0n) is 18.8. The Morgan fingerprint density at radius 1 is 1.27 bits per heavy atom. The molecule has 1 fully saturated rings. The molecule has 0 spiro atoms. The summed E-state index contributed by atoms with van der Waals surface area (Å²) in [6, 6.07) is 8.90. The van der Waals surface area contributed by atoms with E-state index in [0.29, 0.717) is 37.3 Å². The largest absolute Gasteiger partial charge is 0.487 e. The third-order valence-corrected chi connectivity index (χ3v) is 6.20. The maximum Gasteiger partial charge on any atom is 0.251 e. The number of amides is 2. The Balaban J connectivity index is 1.38. The lowest BCUT2D eigenvalue weighted by Crippen LogP contribution is -2.43. The molecule has 1 aromatic heterocycles. The fourth-order valence-corrected chi connectivity index (χ4v) is 4.25. The molecule has 1 atom stereocenters. The molecule has 3 N–H and O–H groups in total. The van der Waals surface area contributed by atoms with Crippen LogP contribution in [0.1, 0.15) is 35.8 Å². The van der Waals surface area contributed by atoms with Crippen molar-refractivity contribution in [2.45, 2.75) is 26.4 Å². The molecular weight excluding hydrogens is 440 g/mol. The molecule has 1 unspecified atom stereocenters. The van der Waals surface area contributed by atoms with Crippen LogP contribution >= 0.6 is 11.3 Å². The first-order chi connectivity index (χ1) is 16.0. The molecule has 9 nitrogen and oxygen atoms in total. The van der Waals surface area contributed by atoms with Crippen LogP contribution in [0.5, 0.6) is 5.75 Å². The first-order valence-corrected chi connectivity index (χ1v) is 12.0. The second-order valence-corrected chi connectivity index (χ2v) is 8.80. The van der Waals surface area contributed by atoms with E-state index in [2.05, 4.69) is 25.8 Å². The number of piperazine rings is 1. The summed E-state index contributed by atoms with van der Waals surface area (Å²) in [5.74, 6) is 0.476. The van der Waals surface area contributed by atoms with Gasteiger partial charge in [-0.05, 0) is 36.6 Å². The molecule has 0 bridgehead atoms. The van der Waals surface area contributed by atoms with E-state index in [0.717, 1.165) is 37.0 Å². The van der Waals surface area contributed by atoms with E-state index in [9.17, 15) is 9.59 Å². The van der Waals surface area contributed by atoms with Gasteiger partial charge >= 0.3 is 0 Å². The number of thiazole rings is 1. The van der Waals surface area contributed by atoms with Crippen molar-refractivity contribution in [3.8, 4) is 11.8 Å². The Labute approximate surface area is 198 Å². The number of anilines is 1. The molecule has 1 aromatic carbocycles. The van der Waals surface area contributed by atoms with E-state index in [1.165, 1.54) is 0 Å². The van der Waals surface area contributed by atoms with Gasteiger partial charge in [0, 0.05) is 50.1 Å². The van der Waals surface area contributed by atoms with E-state index < -0.39 is 0 Å². The molecule has 0 saturated carbocycles. The van der Waals surface area contributed by atoms with Gasteiger partial charge in [-0.2, -0.15) is 5.26 Å². The SMILES string of the molecule is CC(CCNC(=O)c1ccc(OCc2csc(N3CCNCC3)n2)cc1)CC(=O)NCC#N. The number of nitrogens with zero attached hydrogens (tertiary/aromatic N) is 3. The highest BCUT2D eigenvalue weighted by atomic mass is 32.1. The van der Waals surface area contributed by atoms with Crippen molar-refractivity contribution in [2.75, 3.05) is 44.2 Å². The molecule has 2 aromatic rings. The van der Waals surface area contributed by atoms with Gasteiger partial charge < -0.3 is 25.6 Å². The number of hydrogen-bond donors (Lipinski definition) is 3. The maximum atomic E-state index is 12.3. The molecular formula is C23H30N6O3S. The number of ether oxygens (including phenoxy) is 1. The van der Waals surface area contributed by atoms with Crippen LogP contribution in [0.15, 0.2) is 29.6 Å². The predicted octanol–water partition coefficient (Wildman–Crippen LogP) is 1.92. The second-order valence-electron chi connectivity index (χ2n) is 7.96. The average Bonchev–Trinajstić information content (AvgIpc) is 3.31. The minimum Gasteiger partial charge on any atom is -0.487 e. The van der Waals surface area contributed by atoms with Gasteiger partial charge in [0.2, 0.25) is 5.91 Å². The van der Waals surface area contributed by atoms with Crippen LogP contribution in [-0.2, 0) is 11.4 Å². The summed E-state index contributed by atoms with van der Waals surface area (Å²) in [6.07, 6.45) is 1.01. The third-order valence-electron chi connectivity index (χ3n) is 5.25. The molecule has 1 aliphatic rings. The van der Waals surface area contributed by atoms with Crippen LogP contribution in [0, 0.1) is 17.2 Å². The van der Waals surface area contributed by atoms with Gasteiger partial charge in [0.15, 0.2) is 5.13 Å². The number of carbonyl (C=O) groups is 2. The van der Waals surface area contributed by atoms with E-state index >= 15 is 0 Å². The topological polar surface area (TPSA) is 119 Å². The van der Waals surface area contributed by atoms with Crippen molar-refractivity contribution in [1.82, 2.24) is 20.9 Å². The van der Waals surface area contributed by atoms with E-state index in [4.69, 9.17) is 10.00 Å². The van der Waals surface area contributed by atoms with Crippen LogP contribution in [-0.4, -0.2) is 56.1 Å². The summed E-state index contributed by atoms with van der Waals surface area (Å²) in [4.78, 5) is 30.9. The third kappa shape index (κ3) is 8.04. The standard InChI is InChI=1S/C23H30N6O3S/c1-17(14-21(30)26-9-7-24)6-8-27-22(31)18-2-4-20(5-3-18)32-15-19-16-33-23(28-19)29-12-10-25-11-13-29/h2-5,16-17,25H,6,8-15H2,1H3,(H,26,30)(H,27,31). The van der Waals surface area contributed by atoms with Gasteiger partial charge in [0.25, 0.3) is 5.91 Å². The number of carbonyl (C=O) groups excluding carboxylic acids is 2. The molecule has 1 aliphatic heterocycles. The van der Waals surface area contributed by atoms with Crippen LogP contribution in [0.4, 0.5) is 5.13 Å². The number of nitriles is 1. The monoisotopic (exact) mass is 470 g/mol. The zero-order valence-corrected chi connectivity index (χ0v) is 19.6. The molecule has 1 saturated heterocycles. The lowest BCUT2D eigenvalue weighted by Gasteiger charge is -2.26.